The van der Waals surface area contributed by atoms with Crippen LogP contribution in [0.4, 0.5) is 0 Å². The number of rotatable bonds is 5. The summed E-state index contributed by atoms with van der Waals surface area (Å²) in [4.78, 5) is 27.8. The van der Waals surface area contributed by atoms with Gasteiger partial charge in [0, 0.05) is 11.6 Å². The van der Waals surface area contributed by atoms with Crippen LogP contribution in [0.25, 0.3) is 0 Å². The molecule has 1 fully saturated rings. The first kappa shape index (κ1) is 17.3. The maximum Gasteiger partial charge on any atom is 0.290 e. The summed E-state index contributed by atoms with van der Waals surface area (Å²) in [5.74, 6) is -0.160. The smallest absolute Gasteiger partial charge is 0.290 e. The summed E-state index contributed by atoms with van der Waals surface area (Å²) in [5.41, 5.74) is 0.420. The van der Waals surface area contributed by atoms with Gasteiger partial charge in [-0.25, -0.2) is 0 Å². The van der Waals surface area contributed by atoms with Crippen molar-refractivity contribution in [1.82, 2.24) is 10.2 Å². The van der Waals surface area contributed by atoms with Crippen molar-refractivity contribution in [3.63, 3.8) is 0 Å². The standard InChI is InChI=1S/C20H24N2O3/c1-20(2,3)21-18(23)17(14-8-5-4-6-9-14)22(15-11-12-15)19(24)16-10-7-13-25-16/h4-10,13,15,17H,11-12H2,1-3H3,(H,21,23)/t17-/m1/s1. The largest absolute Gasteiger partial charge is 0.459 e. The number of benzene rings is 1. The molecule has 5 nitrogen and oxygen atoms in total. The Balaban J connectivity index is 1.99. The van der Waals surface area contributed by atoms with Gasteiger partial charge in [0.05, 0.1) is 6.26 Å². The van der Waals surface area contributed by atoms with E-state index in [0.29, 0.717) is 0 Å². The molecule has 0 aliphatic heterocycles. The Labute approximate surface area is 148 Å². The molecule has 2 amide bonds. The van der Waals surface area contributed by atoms with Crippen molar-refractivity contribution >= 4 is 11.8 Å². The van der Waals surface area contributed by atoms with Crippen molar-refractivity contribution in [2.45, 2.75) is 51.2 Å². The van der Waals surface area contributed by atoms with Gasteiger partial charge in [0.1, 0.15) is 6.04 Å². The van der Waals surface area contributed by atoms with Gasteiger partial charge in [-0.1, -0.05) is 30.3 Å². The van der Waals surface area contributed by atoms with Gasteiger partial charge >= 0.3 is 0 Å². The van der Waals surface area contributed by atoms with Crippen LogP contribution < -0.4 is 5.32 Å². The van der Waals surface area contributed by atoms with E-state index in [2.05, 4.69) is 5.32 Å². The molecule has 1 N–H and O–H groups in total. The van der Waals surface area contributed by atoms with Crippen LogP contribution in [0.1, 0.15) is 55.8 Å². The number of nitrogens with one attached hydrogen (secondary N) is 1. The van der Waals surface area contributed by atoms with E-state index in [1.165, 1.54) is 6.26 Å². The third kappa shape index (κ3) is 4.10. The van der Waals surface area contributed by atoms with Gasteiger partial charge in [-0.2, -0.15) is 0 Å². The predicted molar refractivity (Wildman–Crippen MR) is 95.0 cm³/mol. The van der Waals surface area contributed by atoms with Gasteiger partial charge in [-0.05, 0) is 51.3 Å². The predicted octanol–water partition coefficient (Wildman–Crippen LogP) is 3.54. The van der Waals surface area contributed by atoms with Crippen LogP contribution in [0.3, 0.4) is 0 Å². The normalized spacial score (nSPS) is 15.5. The lowest BCUT2D eigenvalue weighted by molar-refractivity contribution is -0.127. The molecule has 3 rings (SSSR count). The second-order valence-corrected chi connectivity index (χ2v) is 7.47. The van der Waals surface area contributed by atoms with Crippen LogP contribution >= 0.6 is 0 Å². The third-order valence-electron chi connectivity index (χ3n) is 4.05. The molecule has 5 heteroatoms. The number of hydrogen-bond acceptors (Lipinski definition) is 3. The average Bonchev–Trinajstić information content (AvgIpc) is 3.23. The molecule has 0 bridgehead atoms. The Bertz CT molecular complexity index is 728. The van der Waals surface area contributed by atoms with Gasteiger partial charge in [0.15, 0.2) is 5.76 Å². The van der Waals surface area contributed by atoms with E-state index in [0.717, 1.165) is 18.4 Å². The highest BCUT2D eigenvalue weighted by atomic mass is 16.3. The lowest BCUT2D eigenvalue weighted by Crippen LogP contribution is -2.50. The SMILES string of the molecule is CC(C)(C)NC(=O)[C@@H](c1ccccc1)N(C(=O)c1ccco1)C1CC1. The molecular formula is C20H24N2O3. The Morgan fingerprint density at radius 1 is 1.12 bits per heavy atom. The summed E-state index contributed by atoms with van der Waals surface area (Å²) in [7, 11) is 0. The van der Waals surface area contributed by atoms with Crippen LogP contribution in [0, 0.1) is 0 Å². The molecule has 2 aromatic rings. The molecule has 1 atom stereocenters. The average molecular weight is 340 g/mol. The molecule has 0 saturated heterocycles. The monoisotopic (exact) mass is 340 g/mol. The highest BCUT2D eigenvalue weighted by molar-refractivity contribution is 5.96. The zero-order valence-corrected chi connectivity index (χ0v) is 14.9. The first-order valence-corrected chi connectivity index (χ1v) is 8.60. The van der Waals surface area contributed by atoms with E-state index < -0.39 is 6.04 Å². The van der Waals surface area contributed by atoms with Crippen LogP contribution in [0.15, 0.2) is 53.1 Å². The number of furan rings is 1. The fourth-order valence-corrected chi connectivity index (χ4v) is 2.89. The van der Waals surface area contributed by atoms with Gasteiger partial charge < -0.3 is 14.6 Å². The summed E-state index contributed by atoms with van der Waals surface area (Å²) in [5, 5.41) is 3.02. The van der Waals surface area contributed by atoms with Crippen LogP contribution in [-0.4, -0.2) is 28.3 Å². The van der Waals surface area contributed by atoms with Crippen molar-refractivity contribution in [2.24, 2.45) is 0 Å². The molecule has 0 unspecified atom stereocenters. The summed E-state index contributed by atoms with van der Waals surface area (Å²) >= 11 is 0. The fraction of sp³-hybridized carbons (Fsp3) is 0.400. The van der Waals surface area contributed by atoms with E-state index in [4.69, 9.17) is 4.42 Å². The minimum Gasteiger partial charge on any atom is -0.459 e. The highest BCUT2D eigenvalue weighted by Crippen LogP contribution is 2.36. The van der Waals surface area contributed by atoms with E-state index in [9.17, 15) is 9.59 Å². The van der Waals surface area contributed by atoms with Crippen molar-refractivity contribution < 1.29 is 14.0 Å². The molecule has 1 heterocycles. The summed E-state index contributed by atoms with van der Waals surface area (Å²) in [6, 6.07) is 12.2. The summed E-state index contributed by atoms with van der Waals surface area (Å²) < 4.78 is 5.30. The highest BCUT2D eigenvalue weighted by Gasteiger charge is 2.42. The Morgan fingerprint density at radius 2 is 1.80 bits per heavy atom. The summed E-state index contributed by atoms with van der Waals surface area (Å²) in [6.07, 6.45) is 3.28. The van der Waals surface area contributed by atoms with Crippen LogP contribution in [0.2, 0.25) is 0 Å². The van der Waals surface area contributed by atoms with Crippen LogP contribution in [0.5, 0.6) is 0 Å². The third-order valence-corrected chi connectivity index (χ3v) is 4.05. The maximum atomic E-state index is 13.1. The molecule has 1 aliphatic carbocycles. The van der Waals surface area contributed by atoms with Gasteiger partial charge in [0.2, 0.25) is 5.91 Å². The Kier molecular flexibility index (Phi) is 4.66. The lowest BCUT2D eigenvalue weighted by Gasteiger charge is -2.33. The van der Waals surface area contributed by atoms with Crippen molar-refractivity contribution in [3.05, 3.63) is 60.1 Å². The fourth-order valence-electron chi connectivity index (χ4n) is 2.89. The molecule has 1 aromatic heterocycles. The van der Waals surface area contributed by atoms with Crippen molar-refractivity contribution in [3.8, 4) is 0 Å². The second-order valence-electron chi connectivity index (χ2n) is 7.47. The van der Waals surface area contributed by atoms with Gasteiger partial charge in [-0.3, -0.25) is 9.59 Å². The molecule has 132 valence electrons. The van der Waals surface area contributed by atoms with E-state index >= 15 is 0 Å². The molecular weight excluding hydrogens is 316 g/mol. The van der Waals surface area contributed by atoms with E-state index in [1.807, 2.05) is 51.1 Å². The molecule has 0 spiro atoms. The van der Waals surface area contributed by atoms with Crippen molar-refractivity contribution in [1.29, 1.82) is 0 Å². The summed E-state index contributed by atoms with van der Waals surface area (Å²) in [6.45, 7) is 5.80. The molecule has 1 saturated carbocycles. The van der Waals surface area contributed by atoms with E-state index in [1.54, 1.807) is 17.0 Å². The molecule has 1 aliphatic rings. The van der Waals surface area contributed by atoms with E-state index in [-0.39, 0.29) is 29.2 Å². The first-order chi connectivity index (χ1) is 11.9. The number of amides is 2. The number of hydrogen-bond donors (Lipinski definition) is 1. The molecule has 1 aromatic carbocycles. The maximum absolute atomic E-state index is 13.1. The lowest BCUT2D eigenvalue weighted by atomic mass is 10.0. The number of carbonyl (C=O) groups is 2. The number of nitrogens with zero attached hydrogens (tertiary/aromatic N) is 1. The molecule has 25 heavy (non-hydrogen) atoms. The van der Waals surface area contributed by atoms with Crippen molar-refractivity contribution in [2.75, 3.05) is 0 Å². The van der Waals surface area contributed by atoms with Gasteiger partial charge in [-0.15, -0.1) is 0 Å². The Morgan fingerprint density at radius 3 is 2.32 bits per heavy atom. The Hall–Kier alpha value is -2.56. The van der Waals surface area contributed by atoms with Crippen LogP contribution in [-0.2, 0) is 4.79 Å². The van der Waals surface area contributed by atoms with Gasteiger partial charge in [0.25, 0.3) is 5.91 Å². The second kappa shape index (κ2) is 6.75. The minimum absolute atomic E-state index is 0.0634. The zero-order valence-electron chi connectivity index (χ0n) is 14.9. The minimum atomic E-state index is -0.675. The number of carbonyl (C=O) groups excluding carboxylic acids is 2. The quantitative estimate of drug-likeness (QED) is 0.905. The zero-order chi connectivity index (χ0) is 18.0. The topological polar surface area (TPSA) is 62.6 Å². The first-order valence-electron chi connectivity index (χ1n) is 8.60. The molecule has 0 radical (unpaired) electrons.